The third kappa shape index (κ3) is 34.7. The van der Waals surface area contributed by atoms with Gasteiger partial charge in [-0.3, -0.25) is 9.59 Å². The first-order valence-electron chi connectivity index (χ1n) is 42.3. The highest BCUT2D eigenvalue weighted by Gasteiger charge is 2.53. The molecule has 604 valence electrons. The van der Waals surface area contributed by atoms with Gasteiger partial charge >= 0.3 is 11.9 Å². The summed E-state index contributed by atoms with van der Waals surface area (Å²) < 4.78 is 90.9. The molecule has 2 aliphatic heterocycles. The molecular weight excluding hydrogens is 1390 g/mol. The van der Waals surface area contributed by atoms with Crippen molar-refractivity contribution in [1.29, 1.82) is 0 Å². The maximum absolute atomic E-state index is 14.2. The van der Waals surface area contributed by atoms with Gasteiger partial charge in [0.05, 0.1) is 66.1 Å². The molecule has 2 aliphatic rings. The molecule has 7 aromatic rings. The zero-order valence-corrected chi connectivity index (χ0v) is 66.8. The van der Waals surface area contributed by atoms with Crippen molar-refractivity contribution in [2.24, 2.45) is 0 Å². The van der Waals surface area contributed by atoms with Crippen molar-refractivity contribution in [3.05, 3.63) is 251 Å². The number of esters is 2. The fraction of sp³-hybridized carbons (Fsp3) is 0.542. The zero-order chi connectivity index (χ0) is 77.1. The van der Waals surface area contributed by atoms with Crippen molar-refractivity contribution in [3.8, 4) is 0 Å². The molecule has 7 aromatic carbocycles. The minimum atomic E-state index is -1.21. The Morgan fingerprint density at radius 3 is 0.883 bits per heavy atom. The molecule has 0 radical (unpaired) electrons. The van der Waals surface area contributed by atoms with Crippen LogP contribution in [0.15, 0.2) is 212 Å². The van der Waals surface area contributed by atoms with Gasteiger partial charge in [0.2, 0.25) is 0 Å². The first kappa shape index (κ1) is 88.0. The summed E-state index contributed by atoms with van der Waals surface area (Å²) in [6.07, 6.45) is 21.2. The van der Waals surface area contributed by atoms with Gasteiger partial charge in [-0.2, -0.15) is 0 Å². The molecule has 2 saturated heterocycles. The molecule has 0 saturated carbocycles. The third-order valence-corrected chi connectivity index (χ3v) is 20.9. The van der Waals surface area contributed by atoms with E-state index >= 15 is 0 Å². The Kier molecular flexibility index (Phi) is 43.4. The Morgan fingerprint density at radius 2 is 0.550 bits per heavy atom. The fourth-order valence-electron chi connectivity index (χ4n) is 14.5. The Hall–Kier alpha value is -6.96. The second kappa shape index (κ2) is 54.7. The van der Waals surface area contributed by atoms with Crippen LogP contribution in [0.2, 0.25) is 0 Å². The number of hydrogen-bond acceptors (Lipinski definition) is 15. The zero-order valence-electron chi connectivity index (χ0n) is 66.8. The number of carbonyl (C=O) groups excluding carboxylic acids is 2. The largest absolute Gasteiger partial charge is 0.462 e. The van der Waals surface area contributed by atoms with Crippen LogP contribution in [0.4, 0.5) is 0 Å². The minimum absolute atomic E-state index is 0.110. The van der Waals surface area contributed by atoms with Gasteiger partial charge in [0, 0.05) is 12.8 Å². The van der Waals surface area contributed by atoms with E-state index in [2.05, 4.69) is 13.8 Å². The van der Waals surface area contributed by atoms with Gasteiger partial charge in [0.1, 0.15) is 55.4 Å². The van der Waals surface area contributed by atoms with Crippen molar-refractivity contribution in [2.75, 3.05) is 26.4 Å². The monoisotopic (exact) mass is 1520 g/mol. The van der Waals surface area contributed by atoms with Crippen molar-refractivity contribution in [3.63, 3.8) is 0 Å². The summed E-state index contributed by atoms with van der Waals surface area (Å²) >= 11 is 0. The van der Waals surface area contributed by atoms with Gasteiger partial charge < -0.3 is 61.6 Å². The summed E-state index contributed by atoms with van der Waals surface area (Å²) in [5, 5.41) is 0. The van der Waals surface area contributed by atoms with E-state index in [4.69, 9.17) is 61.6 Å². The standard InChI is InChI=1S/C96H130O15/c1-3-5-7-9-11-13-15-17-19-21-23-25-48-64-87(97)100-73-84(109-88(98)65-49-26-24-22-20-18-16-14-12-10-8-6-4-2)74-107-95-93(105-71-82-60-44-32-45-61-82)92(104-70-81-58-42-31-43-59-81)90(102-68-79-54-38-29-39-55-79)86(111-95)76-108-96-94(106-72-83-62-46-33-47-63-83)91(103-69-80-56-40-30-41-57-80)89(101-67-78-52-36-28-37-53-78)85(110-96)75-99-66-77-50-34-27-35-51-77/h27-47,50-63,84-86,89-96H,3-26,48-49,64-76H2,1-2H3/t84-,85-,86-,89-,90+,91+,92+,93-,94-,95-,96-/m1/s1. The van der Waals surface area contributed by atoms with Crippen LogP contribution in [-0.4, -0.2) is 106 Å². The number of rotatable bonds is 59. The Bertz CT molecular complexity index is 3430. The molecule has 0 amide bonds. The van der Waals surface area contributed by atoms with Crippen molar-refractivity contribution < 1.29 is 71.2 Å². The van der Waals surface area contributed by atoms with Crippen LogP contribution in [-0.2, 0) is 117 Å². The first-order chi connectivity index (χ1) is 54.9. The number of hydrogen-bond donors (Lipinski definition) is 0. The van der Waals surface area contributed by atoms with E-state index in [0.29, 0.717) is 19.4 Å². The molecule has 0 unspecified atom stereocenters. The third-order valence-electron chi connectivity index (χ3n) is 20.9. The lowest BCUT2D eigenvalue weighted by atomic mass is 9.96. The van der Waals surface area contributed by atoms with E-state index in [0.717, 1.165) is 77.5 Å². The Balaban J connectivity index is 1.000. The van der Waals surface area contributed by atoms with Crippen molar-refractivity contribution >= 4 is 11.9 Å². The van der Waals surface area contributed by atoms with Crippen LogP contribution < -0.4 is 0 Å². The molecule has 0 N–H and O–H groups in total. The number of ether oxygens (including phenoxy) is 13. The lowest BCUT2D eigenvalue weighted by molar-refractivity contribution is -0.354. The normalized spacial score (nSPS) is 20.1. The maximum Gasteiger partial charge on any atom is 0.306 e. The highest BCUT2D eigenvalue weighted by Crippen LogP contribution is 2.36. The van der Waals surface area contributed by atoms with Gasteiger partial charge in [-0.1, -0.05) is 380 Å². The molecule has 9 rings (SSSR count). The average Bonchev–Trinajstić information content (AvgIpc) is 0.782. The summed E-state index contributed by atoms with van der Waals surface area (Å²) in [5.74, 6) is -0.731. The summed E-state index contributed by atoms with van der Waals surface area (Å²) in [6, 6.07) is 70.1. The number of benzene rings is 7. The van der Waals surface area contributed by atoms with Gasteiger partial charge in [-0.05, 0) is 51.8 Å². The first-order valence-corrected chi connectivity index (χ1v) is 42.3. The number of carbonyl (C=O) groups is 2. The molecule has 15 heteroatoms. The molecule has 0 aromatic heterocycles. The van der Waals surface area contributed by atoms with Gasteiger partial charge in [-0.25, -0.2) is 0 Å². The van der Waals surface area contributed by atoms with Crippen LogP contribution >= 0.6 is 0 Å². The molecule has 11 atom stereocenters. The summed E-state index contributed by atoms with van der Waals surface area (Å²) in [5.41, 5.74) is 6.64. The van der Waals surface area contributed by atoms with E-state index in [-0.39, 0.29) is 90.8 Å². The predicted molar refractivity (Wildman–Crippen MR) is 437 cm³/mol. The molecule has 2 heterocycles. The van der Waals surface area contributed by atoms with E-state index in [1.54, 1.807) is 0 Å². The van der Waals surface area contributed by atoms with Gasteiger partial charge in [0.25, 0.3) is 0 Å². The molecule has 0 spiro atoms. The van der Waals surface area contributed by atoms with Crippen LogP contribution in [0.25, 0.3) is 0 Å². The quantitative estimate of drug-likeness (QED) is 0.0262. The fourth-order valence-corrected chi connectivity index (χ4v) is 14.5. The Morgan fingerprint density at radius 1 is 0.279 bits per heavy atom. The lowest BCUT2D eigenvalue weighted by Gasteiger charge is -2.48. The van der Waals surface area contributed by atoms with Gasteiger partial charge in [0.15, 0.2) is 18.7 Å². The van der Waals surface area contributed by atoms with Crippen molar-refractivity contribution in [1.82, 2.24) is 0 Å². The van der Waals surface area contributed by atoms with E-state index in [9.17, 15) is 9.59 Å². The van der Waals surface area contributed by atoms with Crippen LogP contribution in [0.5, 0.6) is 0 Å². The molecule has 0 bridgehead atoms. The summed E-state index contributed by atoms with van der Waals surface area (Å²) in [7, 11) is 0. The Labute approximate surface area is 664 Å². The molecule has 2 fully saturated rings. The van der Waals surface area contributed by atoms with Crippen LogP contribution in [0, 0.1) is 0 Å². The second-order valence-electron chi connectivity index (χ2n) is 30.1. The van der Waals surface area contributed by atoms with Crippen LogP contribution in [0.3, 0.4) is 0 Å². The highest BCUT2D eigenvalue weighted by molar-refractivity contribution is 5.70. The average molecular weight is 1520 g/mol. The minimum Gasteiger partial charge on any atom is -0.462 e. The maximum atomic E-state index is 14.2. The summed E-state index contributed by atoms with van der Waals surface area (Å²) in [4.78, 5) is 27.9. The SMILES string of the molecule is CCCCCCCCCCCCCCCC(=O)OC[C@H](CO[C@@H]1O[C@H](CO[C@@H]2O[C@H](COCc3ccccc3)[C@@H](OCc3ccccc3)[C@H](OCc3ccccc3)[C@H]2OCc2ccccc2)[C@H](OCc2ccccc2)[C@H](OCc2ccccc2)[C@H]1OCc1ccccc1)OC(=O)CCCCCCCCCCCCCCC. The predicted octanol–water partition coefficient (Wildman–Crippen LogP) is 21.6. The van der Waals surface area contributed by atoms with E-state index < -0.39 is 67.5 Å². The second-order valence-corrected chi connectivity index (χ2v) is 30.1. The van der Waals surface area contributed by atoms with Gasteiger partial charge in [-0.15, -0.1) is 0 Å². The summed E-state index contributed by atoms with van der Waals surface area (Å²) in [6.45, 7) is 5.55. The van der Waals surface area contributed by atoms with Crippen LogP contribution in [0.1, 0.15) is 233 Å². The molecule has 15 nitrogen and oxygen atoms in total. The smallest absolute Gasteiger partial charge is 0.306 e. The molecule has 111 heavy (non-hydrogen) atoms. The van der Waals surface area contributed by atoms with E-state index in [1.807, 2.05) is 212 Å². The molecule has 0 aliphatic carbocycles. The topological polar surface area (TPSA) is 154 Å². The number of unbranched alkanes of at least 4 members (excludes halogenated alkanes) is 24. The highest BCUT2D eigenvalue weighted by atomic mass is 16.8. The van der Waals surface area contributed by atoms with Crippen molar-refractivity contribution in [2.45, 2.75) is 307 Å². The molecular formula is C96H130O15. The van der Waals surface area contributed by atoms with E-state index in [1.165, 1.54) is 116 Å². The lowest BCUT2D eigenvalue weighted by Crippen LogP contribution is -2.64.